The summed E-state index contributed by atoms with van der Waals surface area (Å²) in [6.45, 7) is 1.51. The van der Waals surface area contributed by atoms with Crippen molar-refractivity contribution < 1.29 is 14.6 Å². The zero-order valence-electron chi connectivity index (χ0n) is 11.3. The van der Waals surface area contributed by atoms with Gasteiger partial charge in [-0.1, -0.05) is 22.0 Å². The van der Waals surface area contributed by atoms with E-state index in [0.717, 1.165) is 24.1 Å². The number of pyridine rings is 1. The summed E-state index contributed by atoms with van der Waals surface area (Å²) in [4.78, 5) is 16.0. The van der Waals surface area contributed by atoms with Gasteiger partial charge in [0.1, 0.15) is 0 Å². The predicted octanol–water partition coefficient (Wildman–Crippen LogP) is 3.75. The SMILES string of the molecule is O=C(O)c1cc(C=CC2CCOC2)nc2ccc(Br)cc12. The fourth-order valence-corrected chi connectivity index (χ4v) is 2.78. The number of nitrogens with zero attached hydrogens (tertiary/aromatic N) is 1. The van der Waals surface area contributed by atoms with E-state index in [4.69, 9.17) is 4.74 Å². The van der Waals surface area contributed by atoms with Crippen molar-refractivity contribution in [1.29, 1.82) is 0 Å². The molecule has 1 saturated heterocycles. The van der Waals surface area contributed by atoms with Crippen LogP contribution in [0.15, 0.2) is 34.8 Å². The first-order chi connectivity index (χ1) is 10.1. The summed E-state index contributed by atoms with van der Waals surface area (Å²) >= 11 is 3.36. The molecule has 1 atom stereocenters. The number of halogens is 1. The number of aromatic nitrogens is 1. The Morgan fingerprint density at radius 2 is 2.29 bits per heavy atom. The van der Waals surface area contributed by atoms with Gasteiger partial charge in [-0.25, -0.2) is 9.78 Å². The number of carboxylic acid groups (broad SMARTS) is 1. The van der Waals surface area contributed by atoms with Crippen LogP contribution in [0.5, 0.6) is 0 Å². The van der Waals surface area contributed by atoms with Gasteiger partial charge in [-0.15, -0.1) is 0 Å². The number of carboxylic acids is 1. The molecule has 5 heteroatoms. The lowest BCUT2D eigenvalue weighted by Gasteiger charge is -2.05. The molecule has 0 aliphatic carbocycles. The van der Waals surface area contributed by atoms with Gasteiger partial charge in [0.15, 0.2) is 0 Å². The van der Waals surface area contributed by atoms with Crippen LogP contribution >= 0.6 is 15.9 Å². The molecule has 0 radical (unpaired) electrons. The number of hydrogen-bond acceptors (Lipinski definition) is 3. The Morgan fingerprint density at radius 3 is 3.00 bits per heavy atom. The van der Waals surface area contributed by atoms with Crippen LogP contribution in [0.25, 0.3) is 17.0 Å². The van der Waals surface area contributed by atoms with E-state index < -0.39 is 5.97 Å². The Labute approximate surface area is 130 Å². The maximum atomic E-state index is 11.5. The maximum absolute atomic E-state index is 11.5. The van der Waals surface area contributed by atoms with E-state index >= 15 is 0 Å². The summed E-state index contributed by atoms with van der Waals surface area (Å²) < 4.78 is 6.16. The molecule has 1 aliphatic heterocycles. The van der Waals surface area contributed by atoms with Gasteiger partial charge in [0.2, 0.25) is 0 Å². The summed E-state index contributed by atoms with van der Waals surface area (Å²) in [5, 5.41) is 10.0. The summed E-state index contributed by atoms with van der Waals surface area (Å²) in [5.74, 6) is -0.556. The second kappa shape index (κ2) is 5.95. The van der Waals surface area contributed by atoms with Crippen LogP contribution in [0.2, 0.25) is 0 Å². The minimum Gasteiger partial charge on any atom is -0.478 e. The van der Waals surface area contributed by atoms with Crippen LogP contribution in [0.1, 0.15) is 22.5 Å². The van der Waals surface area contributed by atoms with E-state index in [1.807, 2.05) is 24.3 Å². The monoisotopic (exact) mass is 347 g/mol. The number of hydrogen-bond donors (Lipinski definition) is 1. The Hall–Kier alpha value is -1.72. The van der Waals surface area contributed by atoms with Crippen LogP contribution in [0.3, 0.4) is 0 Å². The van der Waals surface area contributed by atoms with Crippen molar-refractivity contribution in [2.45, 2.75) is 6.42 Å². The van der Waals surface area contributed by atoms with Gasteiger partial charge in [0.05, 0.1) is 23.4 Å². The lowest BCUT2D eigenvalue weighted by atomic mass is 10.1. The van der Waals surface area contributed by atoms with Crippen LogP contribution in [0.4, 0.5) is 0 Å². The molecule has 1 aromatic carbocycles. The molecule has 2 heterocycles. The second-order valence-electron chi connectivity index (χ2n) is 5.04. The quantitative estimate of drug-likeness (QED) is 0.918. The van der Waals surface area contributed by atoms with Crippen molar-refractivity contribution in [3.8, 4) is 0 Å². The van der Waals surface area contributed by atoms with Crippen LogP contribution < -0.4 is 0 Å². The van der Waals surface area contributed by atoms with Gasteiger partial charge in [0.25, 0.3) is 0 Å². The van der Waals surface area contributed by atoms with Crippen molar-refractivity contribution in [3.05, 3.63) is 46.1 Å². The molecule has 1 N–H and O–H groups in total. The van der Waals surface area contributed by atoms with E-state index in [-0.39, 0.29) is 5.56 Å². The Bertz CT molecular complexity index is 721. The summed E-state index contributed by atoms with van der Waals surface area (Å²) in [6.07, 6.45) is 4.93. The lowest BCUT2D eigenvalue weighted by Crippen LogP contribution is -2.00. The Balaban J connectivity index is 2.03. The number of carbonyl (C=O) groups is 1. The van der Waals surface area contributed by atoms with Crippen molar-refractivity contribution in [3.63, 3.8) is 0 Å². The summed E-state index contributed by atoms with van der Waals surface area (Å²) in [6, 6.07) is 7.08. The highest BCUT2D eigenvalue weighted by Crippen LogP contribution is 2.24. The molecular formula is C16H14BrNO3. The molecule has 4 nitrogen and oxygen atoms in total. The highest BCUT2D eigenvalue weighted by atomic mass is 79.9. The van der Waals surface area contributed by atoms with Crippen LogP contribution in [0, 0.1) is 5.92 Å². The van der Waals surface area contributed by atoms with Gasteiger partial charge in [0, 0.05) is 22.4 Å². The molecule has 1 unspecified atom stereocenters. The zero-order valence-corrected chi connectivity index (χ0v) is 12.8. The molecule has 3 rings (SSSR count). The first-order valence-corrected chi connectivity index (χ1v) is 7.52. The first-order valence-electron chi connectivity index (χ1n) is 6.73. The number of benzene rings is 1. The van der Waals surface area contributed by atoms with Gasteiger partial charge in [-0.3, -0.25) is 0 Å². The van der Waals surface area contributed by atoms with E-state index in [0.29, 0.717) is 22.5 Å². The Morgan fingerprint density at radius 1 is 1.43 bits per heavy atom. The van der Waals surface area contributed by atoms with Crippen molar-refractivity contribution in [2.75, 3.05) is 13.2 Å². The van der Waals surface area contributed by atoms with Crippen LogP contribution in [-0.2, 0) is 4.74 Å². The summed E-state index contributed by atoms with van der Waals surface area (Å²) in [5.41, 5.74) is 1.61. The lowest BCUT2D eigenvalue weighted by molar-refractivity contribution is 0.0699. The first kappa shape index (κ1) is 14.2. The number of aromatic carboxylic acids is 1. The fraction of sp³-hybridized carbons (Fsp3) is 0.250. The molecule has 2 aromatic rings. The number of ether oxygens (including phenoxy) is 1. The standard InChI is InChI=1S/C16H14BrNO3/c17-11-2-4-15-13(7-11)14(16(19)20)8-12(18-15)3-1-10-5-6-21-9-10/h1-4,7-8,10H,5-6,9H2,(H,19,20). The molecule has 1 fully saturated rings. The van der Waals surface area contributed by atoms with E-state index in [1.54, 1.807) is 12.1 Å². The average Bonchev–Trinajstić information content (AvgIpc) is 2.97. The third-order valence-electron chi connectivity index (χ3n) is 3.53. The zero-order chi connectivity index (χ0) is 14.8. The highest BCUT2D eigenvalue weighted by molar-refractivity contribution is 9.10. The molecule has 0 saturated carbocycles. The molecule has 0 amide bonds. The van der Waals surface area contributed by atoms with Crippen LogP contribution in [-0.4, -0.2) is 29.3 Å². The minimum absolute atomic E-state index is 0.267. The molecule has 0 bridgehead atoms. The smallest absolute Gasteiger partial charge is 0.336 e. The maximum Gasteiger partial charge on any atom is 0.336 e. The van der Waals surface area contributed by atoms with E-state index in [2.05, 4.69) is 20.9 Å². The normalized spacial score (nSPS) is 18.6. The largest absolute Gasteiger partial charge is 0.478 e. The molecule has 1 aromatic heterocycles. The summed E-state index contributed by atoms with van der Waals surface area (Å²) in [7, 11) is 0. The fourth-order valence-electron chi connectivity index (χ4n) is 2.42. The van der Waals surface area contributed by atoms with Gasteiger partial charge in [-0.2, -0.15) is 0 Å². The molecular weight excluding hydrogens is 334 g/mol. The molecule has 108 valence electrons. The van der Waals surface area contributed by atoms with Gasteiger partial charge < -0.3 is 9.84 Å². The van der Waals surface area contributed by atoms with E-state index in [1.165, 1.54) is 0 Å². The van der Waals surface area contributed by atoms with E-state index in [9.17, 15) is 9.90 Å². The van der Waals surface area contributed by atoms with Crippen molar-refractivity contribution in [1.82, 2.24) is 4.98 Å². The average molecular weight is 348 g/mol. The molecule has 1 aliphatic rings. The van der Waals surface area contributed by atoms with Gasteiger partial charge in [-0.05, 0) is 36.8 Å². The Kier molecular flexibility index (Phi) is 4.03. The minimum atomic E-state index is -0.945. The van der Waals surface area contributed by atoms with Crippen molar-refractivity contribution in [2.24, 2.45) is 5.92 Å². The van der Waals surface area contributed by atoms with Gasteiger partial charge >= 0.3 is 5.97 Å². The number of fused-ring (bicyclic) bond motifs is 1. The van der Waals surface area contributed by atoms with Crippen molar-refractivity contribution >= 4 is 38.9 Å². The third-order valence-corrected chi connectivity index (χ3v) is 4.02. The molecule has 0 spiro atoms. The predicted molar refractivity (Wildman–Crippen MR) is 84.4 cm³/mol. The highest BCUT2D eigenvalue weighted by Gasteiger charge is 2.14. The topological polar surface area (TPSA) is 59.4 Å². The number of rotatable bonds is 3. The second-order valence-corrected chi connectivity index (χ2v) is 5.96. The molecule has 21 heavy (non-hydrogen) atoms. The third kappa shape index (κ3) is 3.14.